The first kappa shape index (κ1) is 14.3. The van der Waals surface area contributed by atoms with E-state index in [0.717, 1.165) is 12.0 Å². The summed E-state index contributed by atoms with van der Waals surface area (Å²) in [6.45, 7) is 1.21. The molecule has 1 radical (unpaired) electrons. The van der Waals surface area contributed by atoms with Gasteiger partial charge in [-0.15, -0.1) is 0 Å². The smallest absolute Gasteiger partial charge is 0.337 e. The maximum atomic E-state index is 11.3. The number of hydrogen-bond donors (Lipinski definition) is 0. The van der Waals surface area contributed by atoms with Crippen molar-refractivity contribution in [2.24, 2.45) is 0 Å². The predicted octanol–water partition coefficient (Wildman–Crippen LogP) is 0.896. The van der Waals surface area contributed by atoms with Crippen LogP contribution in [0, 0.1) is 0 Å². The predicted molar refractivity (Wildman–Crippen MR) is 57.6 cm³/mol. The van der Waals surface area contributed by atoms with Gasteiger partial charge in [-0.25, -0.2) is 4.79 Å². The zero-order chi connectivity index (χ0) is 11.5. The molecule has 0 fully saturated rings. The monoisotopic (exact) mass is 307 g/mol. The number of carbonyl (C=O) groups is 1. The van der Waals surface area contributed by atoms with Crippen molar-refractivity contribution in [3.05, 3.63) is 34.9 Å². The molecule has 0 saturated carbocycles. The molecule has 17 heavy (non-hydrogen) atoms. The summed E-state index contributed by atoms with van der Waals surface area (Å²) in [6, 6.07) is 5.46. The molecule has 1 heterocycles. The van der Waals surface area contributed by atoms with Gasteiger partial charge in [-0.2, -0.15) is 6.41 Å². The molecule has 0 unspecified atom stereocenters. The van der Waals surface area contributed by atoms with Gasteiger partial charge in [0.25, 0.3) is 0 Å². The van der Waals surface area contributed by atoms with Crippen LogP contribution < -0.4 is 0 Å². The van der Waals surface area contributed by atoms with Crippen LogP contribution in [0.2, 0.25) is 0 Å². The Hall–Kier alpha value is -0.736. The number of rotatable bonds is 2. The van der Waals surface area contributed by atoms with Crippen LogP contribution in [0.5, 0.6) is 0 Å². The summed E-state index contributed by atoms with van der Waals surface area (Å²) >= 11 is 0. The first-order valence-electron chi connectivity index (χ1n) is 5.07. The molecule has 0 atom stereocenters. The summed E-state index contributed by atoms with van der Waals surface area (Å²) in [6.07, 6.45) is 2.69. The number of methoxy groups -OCH3 is 1. The molecule has 0 saturated heterocycles. The van der Waals surface area contributed by atoms with Gasteiger partial charge in [-0.3, -0.25) is 0 Å². The van der Waals surface area contributed by atoms with E-state index in [1.165, 1.54) is 12.7 Å². The molecule has 0 N–H and O–H groups in total. The molecular formula is C12H12NO3Y-. The average molecular weight is 307 g/mol. The zero-order valence-corrected chi connectivity index (χ0v) is 12.4. The Labute approximate surface area is 125 Å². The molecule has 0 bridgehead atoms. The van der Waals surface area contributed by atoms with Crippen LogP contribution >= 0.6 is 0 Å². The summed E-state index contributed by atoms with van der Waals surface area (Å²) in [5, 5.41) is 0. The van der Waals surface area contributed by atoms with E-state index >= 15 is 0 Å². The number of esters is 1. The van der Waals surface area contributed by atoms with Crippen molar-refractivity contribution in [3.63, 3.8) is 0 Å². The molecule has 1 aliphatic heterocycles. The summed E-state index contributed by atoms with van der Waals surface area (Å²) in [7, 11) is 1.35. The van der Waals surface area contributed by atoms with Crippen LogP contribution in [0.1, 0.15) is 21.5 Å². The molecule has 1 aliphatic rings. The fourth-order valence-electron chi connectivity index (χ4n) is 1.88. The van der Waals surface area contributed by atoms with Crippen LogP contribution in [0.4, 0.5) is 0 Å². The Balaban J connectivity index is 0.00000144. The van der Waals surface area contributed by atoms with Crippen LogP contribution in [-0.2, 0) is 55.2 Å². The maximum Gasteiger partial charge on any atom is 0.337 e. The molecule has 2 rings (SSSR count). The normalized spacial score (nSPS) is 13.4. The van der Waals surface area contributed by atoms with Gasteiger partial charge in [0.15, 0.2) is 0 Å². The fraction of sp³-hybridized carbons (Fsp3) is 0.333. The van der Waals surface area contributed by atoms with Crippen molar-refractivity contribution in [3.8, 4) is 0 Å². The maximum absolute atomic E-state index is 11.3. The van der Waals surface area contributed by atoms with Crippen molar-refractivity contribution >= 4 is 12.4 Å². The van der Waals surface area contributed by atoms with Gasteiger partial charge < -0.3 is 14.4 Å². The second-order valence-corrected chi connectivity index (χ2v) is 3.74. The largest absolute Gasteiger partial charge is 0.520 e. The van der Waals surface area contributed by atoms with Crippen molar-refractivity contribution in [1.82, 2.24) is 4.90 Å². The number of nitrogens with zero attached hydrogens (tertiary/aromatic N) is 1. The Morgan fingerprint density at radius 1 is 1.41 bits per heavy atom. The van der Waals surface area contributed by atoms with E-state index in [0.29, 0.717) is 18.7 Å². The van der Waals surface area contributed by atoms with Crippen LogP contribution in [0.15, 0.2) is 18.2 Å². The number of benzene rings is 1. The molecule has 1 aromatic carbocycles. The number of hydrogen-bond acceptors (Lipinski definition) is 3. The standard InChI is InChI=1S/C12H12NO3.Y/c1-16-12(15)10-3-2-9-4-5-13(8-14)7-11(9)6-10;/h2-3,6H,4-5,7H2,1H3;/q-1;. The number of ether oxygens (including phenoxy) is 1. The molecule has 5 heteroatoms. The summed E-state index contributed by atoms with van der Waals surface area (Å²) in [5.41, 5.74) is 2.70. The van der Waals surface area contributed by atoms with Gasteiger partial charge in [-0.1, -0.05) is 6.07 Å². The van der Waals surface area contributed by atoms with Crippen LogP contribution in [0.3, 0.4) is 0 Å². The number of carbonyl (C=O) groups excluding carboxylic acids is 2. The molecule has 4 nitrogen and oxygen atoms in total. The van der Waals surface area contributed by atoms with Gasteiger partial charge >= 0.3 is 5.97 Å². The molecular weight excluding hydrogens is 295 g/mol. The minimum atomic E-state index is -0.352. The van der Waals surface area contributed by atoms with Gasteiger partial charge in [0.05, 0.1) is 12.7 Å². The van der Waals surface area contributed by atoms with Crippen LogP contribution in [0.25, 0.3) is 0 Å². The van der Waals surface area contributed by atoms with Gasteiger partial charge in [0, 0.05) is 39.3 Å². The van der Waals surface area contributed by atoms with Gasteiger partial charge in [0.2, 0.25) is 0 Å². The van der Waals surface area contributed by atoms with Crippen LogP contribution in [-0.4, -0.2) is 30.9 Å². The van der Waals surface area contributed by atoms with Crippen molar-refractivity contribution < 1.29 is 47.0 Å². The van der Waals surface area contributed by atoms with E-state index in [4.69, 9.17) is 0 Å². The number of amides is 1. The number of fused-ring (bicyclic) bond motifs is 1. The molecule has 1 aromatic rings. The van der Waals surface area contributed by atoms with E-state index in [1.54, 1.807) is 17.0 Å². The minimum Gasteiger partial charge on any atom is -0.520 e. The molecule has 1 amide bonds. The second-order valence-electron chi connectivity index (χ2n) is 3.74. The minimum absolute atomic E-state index is 0. The molecule has 0 aliphatic carbocycles. The molecule has 87 valence electrons. The Morgan fingerprint density at radius 3 is 2.82 bits per heavy atom. The summed E-state index contributed by atoms with van der Waals surface area (Å²) in [4.78, 5) is 23.5. The van der Waals surface area contributed by atoms with E-state index in [-0.39, 0.29) is 38.7 Å². The summed E-state index contributed by atoms with van der Waals surface area (Å²) in [5.74, 6) is -0.352. The Kier molecular flexibility index (Phi) is 5.28. The van der Waals surface area contributed by atoms with E-state index < -0.39 is 0 Å². The molecule has 0 aromatic heterocycles. The Morgan fingerprint density at radius 2 is 2.18 bits per heavy atom. The van der Waals surface area contributed by atoms with E-state index in [2.05, 4.69) is 4.74 Å². The van der Waals surface area contributed by atoms with Gasteiger partial charge in [0.1, 0.15) is 0 Å². The topological polar surface area (TPSA) is 46.6 Å². The van der Waals surface area contributed by atoms with Crippen molar-refractivity contribution in [2.75, 3.05) is 13.7 Å². The average Bonchev–Trinajstić information content (AvgIpc) is 2.36. The third-order valence-electron chi connectivity index (χ3n) is 2.77. The van der Waals surface area contributed by atoms with Crippen molar-refractivity contribution in [1.29, 1.82) is 0 Å². The Bertz CT molecular complexity index is 434. The quantitative estimate of drug-likeness (QED) is 0.602. The SMILES string of the molecule is COC(=O)c1ccc2c(c1)CN([C-]=O)CC2.[Y]. The van der Waals surface area contributed by atoms with Gasteiger partial charge in [-0.05, 0) is 36.2 Å². The first-order chi connectivity index (χ1) is 7.74. The second kappa shape index (κ2) is 6.27. The van der Waals surface area contributed by atoms with E-state index in [1.807, 2.05) is 12.5 Å². The van der Waals surface area contributed by atoms with E-state index in [9.17, 15) is 9.59 Å². The third-order valence-corrected chi connectivity index (χ3v) is 2.77. The third kappa shape index (κ3) is 3.14. The molecule has 0 spiro atoms. The van der Waals surface area contributed by atoms with Crippen molar-refractivity contribution in [2.45, 2.75) is 13.0 Å². The zero-order valence-electron chi connectivity index (χ0n) is 9.60. The first-order valence-corrected chi connectivity index (χ1v) is 5.07. The fourth-order valence-corrected chi connectivity index (χ4v) is 1.88. The summed E-state index contributed by atoms with van der Waals surface area (Å²) < 4.78 is 4.65.